The van der Waals surface area contributed by atoms with Gasteiger partial charge < -0.3 is 9.72 Å². The zero-order valence-corrected chi connectivity index (χ0v) is 8.36. The molecule has 0 bridgehead atoms. The Labute approximate surface area is 91.1 Å². The number of H-pyrrole nitrogens is 1. The number of halogens is 2. The number of nitrogens with one attached hydrogen (secondary N) is 1. The molecule has 0 unspecified atom stereocenters. The first-order valence-corrected chi connectivity index (χ1v) is 4.77. The predicted molar refractivity (Wildman–Crippen MR) is 55.5 cm³/mol. The number of alkyl halides is 2. The van der Waals surface area contributed by atoms with Gasteiger partial charge in [-0.2, -0.15) is 0 Å². The van der Waals surface area contributed by atoms with E-state index in [1.807, 2.05) is 12.1 Å². The monoisotopic (exact) mass is 224 g/mol. The number of rotatable bonds is 4. The van der Waals surface area contributed by atoms with Gasteiger partial charge in [-0.25, -0.2) is 13.8 Å². The minimum atomic E-state index is -2.50. The van der Waals surface area contributed by atoms with Gasteiger partial charge in [0.05, 0.1) is 11.3 Å². The van der Waals surface area contributed by atoms with Crippen LogP contribution in [0.1, 0.15) is 0 Å². The van der Waals surface area contributed by atoms with Gasteiger partial charge in [0, 0.05) is 12.4 Å². The molecule has 0 amide bonds. The van der Waals surface area contributed by atoms with E-state index >= 15 is 0 Å². The second-order valence-electron chi connectivity index (χ2n) is 3.14. The Hall–Kier alpha value is -1.91. The maximum absolute atomic E-state index is 12.0. The number of hydrogen-bond acceptors (Lipinski definition) is 2. The third-order valence-electron chi connectivity index (χ3n) is 2.01. The average Bonchev–Trinajstić information content (AvgIpc) is 2.80. The molecule has 0 aromatic carbocycles. The third-order valence-corrected chi connectivity index (χ3v) is 2.01. The molecule has 0 aliphatic heterocycles. The lowest BCUT2D eigenvalue weighted by Gasteiger charge is -2.08. The Bertz CT molecular complexity index is 443. The van der Waals surface area contributed by atoms with Crippen molar-refractivity contribution in [3.63, 3.8) is 0 Å². The van der Waals surface area contributed by atoms with Gasteiger partial charge in [-0.3, -0.25) is 0 Å². The van der Waals surface area contributed by atoms with E-state index in [0.717, 1.165) is 5.69 Å². The Kier molecular flexibility index (Phi) is 3.14. The maximum atomic E-state index is 12.0. The van der Waals surface area contributed by atoms with Crippen molar-refractivity contribution in [2.24, 2.45) is 0 Å². The summed E-state index contributed by atoms with van der Waals surface area (Å²) in [4.78, 5) is 6.91. The molecule has 84 valence electrons. The molecule has 0 atom stereocenters. The van der Waals surface area contributed by atoms with E-state index in [9.17, 15) is 8.78 Å². The summed E-state index contributed by atoms with van der Waals surface area (Å²) in [5.41, 5.74) is 1.46. The fourth-order valence-corrected chi connectivity index (χ4v) is 1.35. The molecule has 5 heteroatoms. The van der Waals surface area contributed by atoms with Gasteiger partial charge in [0.1, 0.15) is 0 Å². The van der Waals surface area contributed by atoms with E-state index in [0.29, 0.717) is 5.56 Å². The van der Waals surface area contributed by atoms with Crippen molar-refractivity contribution in [2.75, 3.05) is 6.61 Å². The van der Waals surface area contributed by atoms with Crippen molar-refractivity contribution in [3.8, 4) is 17.1 Å². The Morgan fingerprint density at radius 2 is 2.19 bits per heavy atom. The molecular formula is C11H10F2N2O. The summed E-state index contributed by atoms with van der Waals surface area (Å²) in [5.74, 6) is 0.213. The van der Waals surface area contributed by atoms with Crippen LogP contribution in [0.15, 0.2) is 36.7 Å². The zero-order chi connectivity index (χ0) is 11.4. The van der Waals surface area contributed by atoms with Crippen molar-refractivity contribution >= 4 is 0 Å². The van der Waals surface area contributed by atoms with Gasteiger partial charge in [0.25, 0.3) is 6.43 Å². The molecule has 0 fully saturated rings. The van der Waals surface area contributed by atoms with Crippen molar-refractivity contribution in [3.05, 3.63) is 36.7 Å². The lowest BCUT2D eigenvalue weighted by molar-refractivity contribution is 0.0799. The largest absolute Gasteiger partial charge is 0.471 e. The van der Waals surface area contributed by atoms with Crippen LogP contribution in [0, 0.1) is 0 Å². The maximum Gasteiger partial charge on any atom is 0.272 e. The third kappa shape index (κ3) is 2.36. The summed E-state index contributed by atoms with van der Waals surface area (Å²) in [5, 5.41) is 0. The van der Waals surface area contributed by atoms with Crippen LogP contribution in [-0.2, 0) is 0 Å². The Morgan fingerprint density at radius 3 is 2.88 bits per heavy atom. The van der Waals surface area contributed by atoms with E-state index < -0.39 is 13.0 Å². The van der Waals surface area contributed by atoms with Gasteiger partial charge >= 0.3 is 0 Å². The lowest BCUT2D eigenvalue weighted by Crippen LogP contribution is -2.08. The van der Waals surface area contributed by atoms with Crippen LogP contribution < -0.4 is 4.74 Å². The Morgan fingerprint density at radius 1 is 1.31 bits per heavy atom. The van der Waals surface area contributed by atoms with Gasteiger partial charge in [-0.15, -0.1) is 0 Å². The van der Waals surface area contributed by atoms with E-state index in [2.05, 4.69) is 9.97 Å². The quantitative estimate of drug-likeness (QED) is 0.867. The molecule has 0 spiro atoms. The van der Waals surface area contributed by atoms with Crippen LogP contribution in [0.4, 0.5) is 8.78 Å². The first-order valence-electron chi connectivity index (χ1n) is 4.77. The molecule has 0 aliphatic carbocycles. The highest BCUT2D eigenvalue weighted by atomic mass is 19.3. The van der Waals surface area contributed by atoms with Gasteiger partial charge in [0.2, 0.25) is 5.88 Å². The van der Waals surface area contributed by atoms with Crippen molar-refractivity contribution in [1.82, 2.24) is 9.97 Å². The second-order valence-corrected chi connectivity index (χ2v) is 3.14. The second kappa shape index (κ2) is 4.74. The fraction of sp³-hybridized carbons (Fsp3) is 0.182. The molecule has 0 radical (unpaired) electrons. The van der Waals surface area contributed by atoms with E-state index in [4.69, 9.17) is 4.74 Å². The van der Waals surface area contributed by atoms with Gasteiger partial charge in [-0.05, 0) is 24.3 Å². The SMILES string of the molecule is FC(F)COc1ncccc1-c1ccc[nH]1. The fourth-order valence-electron chi connectivity index (χ4n) is 1.35. The number of aromatic nitrogens is 2. The molecule has 2 heterocycles. The van der Waals surface area contributed by atoms with Crippen molar-refractivity contribution < 1.29 is 13.5 Å². The molecular weight excluding hydrogens is 214 g/mol. The summed E-state index contributed by atoms with van der Waals surface area (Å²) in [6.45, 7) is -0.648. The Balaban J connectivity index is 2.24. The number of aromatic amines is 1. The number of nitrogens with zero attached hydrogens (tertiary/aromatic N) is 1. The highest BCUT2D eigenvalue weighted by Gasteiger charge is 2.10. The van der Waals surface area contributed by atoms with Crippen LogP contribution in [-0.4, -0.2) is 23.0 Å². The number of ether oxygens (including phenoxy) is 1. The first kappa shape index (κ1) is 10.6. The summed E-state index contributed by atoms with van der Waals surface area (Å²) in [7, 11) is 0. The minimum absolute atomic E-state index is 0.213. The molecule has 2 aromatic heterocycles. The lowest BCUT2D eigenvalue weighted by atomic mass is 10.2. The molecule has 2 rings (SSSR count). The van der Waals surface area contributed by atoms with Crippen LogP contribution in [0.5, 0.6) is 5.88 Å². The van der Waals surface area contributed by atoms with Crippen LogP contribution in [0.3, 0.4) is 0 Å². The molecule has 0 aliphatic rings. The molecule has 0 saturated carbocycles. The smallest absolute Gasteiger partial charge is 0.272 e. The van der Waals surface area contributed by atoms with Crippen LogP contribution in [0.25, 0.3) is 11.3 Å². The molecule has 1 N–H and O–H groups in total. The van der Waals surface area contributed by atoms with Gasteiger partial charge in [0.15, 0.2) is 6.61 Å². The van der Waals surface area contributed by atoms with E-state index in [1.165, 1.54) is 6.20 Å². The summed E-state index contributed by atoms with van der Waals surface area (Å²) >= 11 is 0. The van der Waals surface area contributed by atoms with Crippen molar-refractivity contribution in [2.45, 2.75) is 6.43 Å². The predicted octanol–water partition coefficient (Wildman–Crippen LogP) is 2.72. The van der Waals surface area contributed by atoms with Crippen molar-refractivity contribution in [1.29, 1.82) is 0 Å². The molecule has 3 nitrogen and oxygen atoms in total. The average molecular weight is 224 g/mol. The topological polar surface area (TPSA) is 37.9 Å². The number of pyridine rings is 1. The normalized spacial score (nSPS) is 10.7. The number of hydrogen-bond donors (Lipinski definition) is 1. The molecule has 2 aromatic rings. The highest BCUT2D eigenvalue weighted by molar-refractivity contribution is 5.64. The summed E-state index contributed by atoms with van der Waals surface area (Å²) in [6, 6.07) is 7.14. The molecule has 16 heavy (non-hydrogen) atoms. The zero-order valence-electron chi connectivity index (χ0n) is 8.36. The summed E-state index contributed by atoms with van der Waals surface area (Å²) in [6.07, 6.45) is 0.755. The van der Waals surface area contributed by atoms with E-state index in [1.54, 1.807) is 18.3 Å². The van der Waals surface area contributed by atoms with Crippen LogP contribution >= 0.6 is 0 Å². The van der Waals surface area contributed by atoms with Gasteiger partial charge in [-0.1, -0.05) is 0 Å². The summed E-state index contributed by atoms with van der Waals surface area (Å²) < 4.78 is 29.0. The standard InChI is InChI=1S/C11H10F2N2O/c12-10(13)7-16-11-8(3-1-6-15-11)9-4-2-5-14-9/h1-6,10,14H,7H2. The minimum Gasteiger partial charge on any atom is -0.471 e. The molecule has 0 saturated heterocycles. The van der Waals surface area contributed by atoms with E-state index in [-0.39, 0.29) is 5.88 Å². The highest BCUT2D eigenvalue weighted by Crippen LogP contribution is 2.26. The van der Waals surface area contributed by atoms with Crippen LogP contribution in [0.2, 0.25) is 0 Å². The first-order chi connectivity index (χ1) is 7.77.